The Bertz CT molecular complexity index is 408. The number of ketones is 1. The summed E-state index contributed by atoms with van der Waals surface area (Å²) in [6.07, 6.45) is -1.90. The maximum atomic E-state index is 12.1. The Kier molecular flexibility index (Phi) is 3.19. The van der Waals surface area contributed by atoms with E-state index in [4.69, 9.17) is 4.74 Å². The van der Waals surface area contributed by atoms with Crippen LogP contribution in [0.15, 0.2) is 12.4 Å². The van der Waals surface area contributed by atoms with E-state index in [1.807, 2.05) is 0 Å². The van der Waals surface area contributed by atoms with Gasteiger partial charge < -0.3 is 4.74 Å². The van der Waals surface area contributed by atoms with Gasteiger partial charge in [-0.05, 0) is 6.42 Å². The van der Waals surface area contributed by atoms with E-state index < -0.39 is 17.5 Å². The van der Waals surface area contributed by atoms with Crippen LogP contribution in [0.25, 0.3) is 0 Å². The summed E-state index contributed by atoms with van der Waals surface area (Å²) in [5.74, 6) is -1.60. The molecule has 1 aromatic rings. The minimum absolute atomic E-state index is 0.253. The van der Waals surface area contributed by atoms with Gasteiger partial charge in [-0.25, -0.2) is 0 Å². The lowest BCUT2D eigenvalue weighted by Crippen LogP contribution is -2.22. The first-order valence-electron chi connectivity index (χ1n) is 5.18. The summed E-state index contributed by atoms with van der Waals surface area (Å²) in [5, 5.41) is 3.75. The lowest BCUT2D eigenvalue weighted by Gasteiger charge is -2.06. The first kappa shape index (κ1) is 12.1. The predicted octanol–water partition coefficient (Wildman–Crippen LogP) is 1.66. The SMILES string of the molecule is O=C(c1cnn(C[C@H]2CCOC2)c1)C(F)(F)F. The van der Waals surface area contributed by atoms with E-state index in [9.17, 15) is 18.0 Å². The molecule has 1 aliphatic rings. The number of carbonyl (C=O) groups excluding carboxylic acids is 1. The van der Waals surface area contributed by atoms with Crippen LogP contribution in [0.5, 0.6) is 0 Å². The Balaban J connectivity index is 2.02. The molecule has 0 unspecified atom stereocenters. The van der Waals surface area contributed by atoms with Crippen molar-refractivity contribution in [1.82, 2.24) is 9.78 Å². The summed E-state index contributed by atoms with van der Waals surface area (Å²) in [6.45, 7) is 1.73. The van der Waals surface area contributed by atoms with Crippen LogP contribution >= 0.6 is 0 Å². The van der Waals surface area contributed by atoms with Gasteiger partial charge in [0.1, 0.15) is 0 Å². The van der Waals surface area contributed by atoms with Gasteiger partial charge in [-0.1, -0.05) is 0 Å². The molecular weight excluding hydrogens is 237 g/mol. The van der Waals surface area contributed by atoms with Crippen LogP contribution in [0.2, 0.25) is 0 Å². The van der Waals surface area contributed by atoms with Crippen LogP contribution in [0, 0.1) is 5.92 Å². The van der Waals surface area contributed by atoms with E-state index in [1.165, 1.54) is 4.68 Å². The molecule has 2 rings (SSSR count). The lowest BCUT2D eigenvalue weighted by atomic mass is 10.1. The fourth-order valence-corrected chi connectivity index (χ4v) is 1.74. The van der Waals surface area contributed by atoms with Crippen LogP contribution in [0.4, 0.5) is 13.2 Å². The molecule has 0 saturated carbocycles. The maximum Gasteiger partial charge on any atom is 0.454 e. The third-order valence-electron chi connectivity index (χ3n) is 2.62. The number of halogens is 3. The van der Waals surface area contributed by atoms with Crippen molar-refractivity contribution in [2.24, 2.45) is 5.92 Å². The van der Waals surface area contributed by atoms with Crippen LogP contribution in [0.3, 0.4) is 0 Å². The van der Waals surface area contributed by atoms with Crippen LogP contribution in [0.1, 0.15) is 16.8 Å². The van der Waals surface area contributed by atoms with Crippen molar-refractivity contribution in [3.63, 3.8) is 0 Å². The molecule has 0 radical (unpaired) electrons. The first-order chi connectivity index (χ1) is 7.97. The minimum Gasteiger partial charge on any atom is -0.381 e. The summed E-state index contributed by atoms with van der Waals surface area (Å²) < 4.78 is 42.9. The molecule has 1 fully saturated rings. The van der Waals surface area contributed by atoms with Crippen LogP contribution in [-0.2, 0) is 11.3 Å². The summed E-state index contributed by atoms with van der Waals surface area (Å²) in [5.41, 5.74) is -0.420. The zero-order valence-electron chi connectivity index (χ0n) is 8.91. The Morgan fingerprint density at radius 1 is 1.59 bits per heavy atom. The number of Topliss-reactive ketones (excluding diaryl/α,β-unsaturated/α-hetero) is 1. The number of nitrogens with zero attached hydrogens (tertiary/aromatic N) is 2. The number of alkyl halides is 3. The molecule has 17 heavy (non-hydrogen) atoms. The van der Waals surface area contributed by atoms with E-state index in [0.29, 0.717) is 19.8 Å². The fourth-order valence-electron chi connectivity index (χ4n) is 1.74. The molecule has 0 bridgehead atoms. The van der Waals surface area contributed by atoms with Crippen molar-refractivity contribution in [2.45, 2.75) is 19.1 Å². The lowest BCUT2D eigenvalue weighted by molar-refractivity contribution is -0.0885. The second-order valence-corrected chi connectivity index (χ2v) is 4.01. The average Bonchev–Trinajstić information content (AvgIpc) is 2.87. The normalized spacial score (nSPS) is 20.8. The van der Waals surface area contributed by atoms with Gasteiger partial charge in [0, 0.05) is 25.3 Å². The quantitative estimate of drug-likeness (QED) is 0.764. The molecule has 0 aliphatic carbocycles. The van der Waals surface area contributed by atoms with E-state index in [0.717, 1.165) is 18.8 Å². The van der Waals surface area contributed by atoms with Crippen molar-refractivity contribution in [1.29, 1.82) is 0 Å². The van der Waals surface area contributed by atoms with E-state index in [1.54, 1.807) is 0 Å². The third-order valence-corrected chi connectivity index (χ3v) is 2.62. The largest absolute Gasteiger partial charge is 0.454 e. The molecule has 1 aliphatic heterocycles. The second-order valence-electron chi connectivity index (χ2n) is 4.01. The maximum absolute atomic E-state index is 12.1. The fraction of sp³-hybridized carbons (Fsp3) is 0.600. The highest BCUT2D eigenvalue weighted by molar-refractivity contribution is 5.99. The Morgan fingerprint density at radius 3 is 2.94 bits per heavy atom. The molecule has 0 amide bonds. The van der Waals surface area contributed by atoms with Gasteiger partial charge in [0.25, 0.3) is 5.78 Å². The van der Waals surface area contributed by atoms with Crippen molar-refractivity contribution < 1.29 is 22.7 Å². The van der Waals surface area contributed by atoms with Gasteiger partial charge in [-0.3, -0.25) is 9.48 Å². The van der Waals surface area contributed by atoms with Gasteiger partial charge in [-0.2, -0.15) is 18.3 Å². The molecular formula is C10H11F3N2O2. The van der Waals surface area contributed by atoms with Crippen molar-refractivity contribution >= 4 is 5.78 Å². The number of ether oxygens (including phenoxy) is 1. The highest BCUT2D eigenvalue weighted by atomic mass is 19.4. The van der Waals surface area contributed by atoms with Crippen LogP contribution < -0.4 is 0 Å². The van der Waals surface area contributed by atoms with E-state index >= 15 is 0 Å². The summed E-state index contributed by atoms with van der Waals surface area (Å²) in [4.78, 5) is 10.9. The smallest absolute Gasteiger partial charge is 0.381 e. The van der Waals surface area contributed by atoms with Crippen molar-refractivity contribution in [3.8, 4) is 0 Å². The molecule has 0 N–H and O–H groups in total. The monoisotopic (exact) mass is 248 g/mol. The summed E-state index contributed by atoms with van der Waals surface area (Å²) in [6, 6.07) is 0. The third kappa shape index (κ3) is 2.85. The molecule has 1 saturated heterocycles. The number of aromatic nitrogens is 2. The second kappa shape index (κ2) is 4.48. The zero-order valence-corrected chi connectivity index (χ0v) is 8.91. The van der Waals surface area contributed by atoms with E-state index in [2.05, 4.69) is 5.10 Å². The Morgan fingerprint density at radius 2 is 2.35 bits per heavy atom. The Hall–Kier alpha value is -1.37. The summed E-state index contributed by atoms with van der Waals surface area (Å²) >= 11 is 0. The Labute approximate surface area is 95.4 Å². The number of carbonyl (C=O) groups is 1. The van der Waals surface area contributed by atoms with Gasteiger partial charge in [-0.15, -0.1) is 0 Å². The molecule has 1 aromatic heterocycles. The molecule has 4 nitrogen and oxygen atoms in total. The number of hydrogen-bond acceptors (Lipinski definition) is 3. The van der Waals surface area contributed by atoms with Gasteiger partial charge >= 0.3 is 6.18 Å². The molecule has 2 heterocycles. The predicted molar refractivity (Wildman–Crippen MR) is 51.5 cm³/mol. The van der Waals surface area contributed by atoms with Crippen molar-refractivity contribution in [2.75, 3.05) is 13.2 Å². The molecule has 94 valence electrons. The highest BCUT2D eigenvalue weighted by Gasteiger charge is 2.40. The zero-order chi connectivity index (χ0) is 12.5. The highest BCUT2D eigenvalue weighted by Crippen LogP contribution is 2.21. The van der Waals surface area contributed by atoms with Gasteiger partial charge in [0.15, 0.2) is 0 Å². The molecule has 0 spiro atoms. The van der Waals surface area contributed by atoms with Gasteiger partial charge in [0.05, 0.1) is 18.4 Å². The molecule has 7 heteroatoms. The topological polar surface area (TPSA) is 44.1 Å². The van der Waals surface area contributed by atoms with Crippen molar-refractivity contribution in [3.05, 3.63) is 18.0 Å². The number of hydrogen-bond donors (Lipinski definition) is 0. The van der Waals surface area contributed by atoms with Gasteiger partial charge in [0.2, 0.25) is 0 Å². The van der Waals surface area contributed by atoms with E-state index in [-0.39, 0.29) is 5.92 Å². The van der Waals surface area contributed by atoms with Crippen LogP contribution in [-0.4, -0.2) is 35.0 Å². The first-order valence-corrected chi connectivity index (χ1v) is 5.18. The molecule has 0 aromatic carbocycles. The average molecular weight is 248 g/mol. The minimum atomic E-state index is -4.84. The summed E-state index contributed by atoms with van der Waals surface area (Å²) in [7, 11) is 0. The standard InChI is InChI=1S/C10H11F3N2O2/c11-10(12,13)9(16)8-3-14-15(5-8)4-7-1-2-17-6-7/h3,5,7H,1-2,4,6H2/t7-/m1/s1. The number of rotatable bonds is 3. The molecule has 1 atom stereocenters.